The van der Waals surface area contributed by atoms with E-state index in [1.807, 2.05) is 42.5 Å². The largest absolute Gasteiger partial charge is 0.394 e. The number of benzene rings is 2. The van der Waals surface area contributed by atoms with Crippen LogP contribution in [0.2, 0.25) is 0 Å². The van der Waals surface area contributed by atoms with Crippen LogP contribution in [0.3, 0.4) is 0 Å². The molecule has 1 aromatic heterocycles. The van der Waals surface area contributed by atoms with Crippen LogP contribution in [-0.2, 0) is 11.3 Å². The van der Waals surface area contributed by atoms with Gasteiger partial charge in [0.15, 0.2) is 0 Å². The number of amides is 1. The van der Waals surface area contributed by atoms with Gasteiger partial charge in [0.2, 0.25) is 0 Å². The molecule has 0 aliphatic carbocycles. The molecule has 0 bridgehead atoms. The Bertz CT molecular complexity index is 811. The third-order valence-electron chi connectivity index (χ3n) is 3.28. The Kier molecular flexibility index (Phi) is 4.97. The summed E-state index contributed by atoms with van der Waals surface area (Å²) in [5.74, 6) is -0.244. The summed E-state index contributed by atoms with van der Waals surface area (Å²) in [6, 6.07) is 13.7. The van der Waals surface area contributed by atoms with E-state index in [2.05, 4.69) is 10.3 Å². The third kappa shape index (κ3) is 3.73. The molecule has 0 aliphatic heterocycles. The molecule has 0 fully saturated rings. The van der Waals surface area contributed by atoms with Crippen molar-refractivity contribution in [1.82, 2.24) is 4.98 Å². The van der Waals surface area contributed by atoms with Crippen LogP contribution in [0.15, 0.2) is 47.8 Å². The summed E-state index contributed by atoms with van der Waals surface area (Å²) in [6.07, 6.45) is 0. The maximum atomic E-state index is 12.4. The van der Waals surface area contributed by atoms with Gasteiger partial charge in [0.25, 0.3) is 5.91 Å². The number of fused-ring (bicyclic) bond motifs is 1. The molecule has 0 atom stereocenters. The number of anilines is 1. The summed E-state index contributed by atoms with van der Waals surface area (Å²) >= 11 is 1.36. The lowest BCUT2D eigenvalue weighted by atomic mass is 10.1. The highest BCUT2D eigenvalue weighted by Gasteiger charge is 2.12. The fourth-order valence-corrected chi connectivity index (χ4v) is 2.94. The lowest BCUT2D eigenvalue weighted by Crippen LogP contribution is -2.12. The lowest BCUT2D eigenvalue weighted by Gasteiger charge is -2.07. The molecule has 0 unspecified atom stereocenters. The van der Waals surface area contributed by atoms with E-state index in [0.29, 0.717) is 17.3 Å². The van der Waals surface area contributed by atoms with Crippen molar-refractivity contribution in [2.24, 2.45) is 0 Å². The predicted molar refractivity (Wildman–Crippen MR) is 90.8 cm³/mol. The minimum absolute atomic E-state index is 0.0280. The number of ether oxygens (including phenoxy) is 1. The number of nitrogens with zero attached hydrogens (tertiary/aromatic N) is 1. The minimum Gasteiger partial charge on any atom is -0.394 e. The Balaban J connectivity index is 1.73. The van der Waals surface area contributed by atoms with Gasteiger partial charge in [0.05, 0.1) is 19.8 Å². The fraction of sp³-hybridized carbons (Fsp3) is 0.176. The summed E-state index contributed by atoms with van der Waals surface area (Å²) in [5, 5.41) is 16.1. The normalized spacial score (nSPS) is 10.8. The summed E-state index contributed by atoms with van der Waals surface area (Å²) in [4.78, 5) is 16.6. The maximum absolute atomic E-state index is 12.4. The van der Waals surface area contributed by atoms with Crippen molar-refractivity contribution in [1.29, 1.82) is 0 Å². The Morgan fingerprint density at radius 2 is 2.04 bits per heavy atom. The Labute approximate surface area is 137 Å². The molecular formula is C17H16N2O3S. The first-order valence-corrected chi connectivity index (χ1v) is 8.08. The quantitative estimate of drug-likeness (QED) is 0.682. The number of aromatic nitrogens is 1. The van der Waals surface area contributed by atoms with Crippen LogP contribution in [0.4, 0.5) is 5.69 Å². The molecule has 1 heterocycles. The molecule has 0 saturated heterocycles. The molecule has 0 saturated carbocycles. The average molecular weight is 328 g/mol. The number of hydrogen-bond acceptors (Lipinski definition) is 5. The Morgan fingerprint density at radius 1 is 1.22 bits per heavy atom. The molecule has 23 heavy (non-hydrogen) atoms. The van der Waals surface area contributed by atoms with Crippen LogP contribution in [0, 0.1) is 0 Å². The van der Waals surface area contributed by atoms with Gasteiger partial charge in [-0.1, -0.05) is 36.4 Å². The highest BCUT2D eigenvalue weighted by atomic mass is 32.1. The summed E-state index contributed by atoms with van der Waals surface area (Å²) in [7, 11) is 0. The van der Waals surface area contributed by atoms with Gasteiger partial charge >= 0.3 is 0 Å². The van der Waals surface area contributed by atoms with Crippen molar-refractivity contribution in [3.05, 3.63) is 58.5 Å². The van der Waals surface area contributed by atoms with E-state index >= 15 is 0 Å². The molecule has 2 N–H and O–H groups in total. The zero-order chi connectivity index (χ0) is 16.1. The molecule has 3 rings (SSSR count). The van der Waals surface area contributed by atoms with Gasteiger partial charge in [-0.3, -0.25) is 4.79 Å². The van der Waals surface area contributed by atoms with Crippen LogP contribution in [0.25, 0.3) is 10.8 Å². The number of carbonyl (C=O) groups is 1. The summed E-state index contributed by atoms with van der Waals surface area (Å²) in [6.45, 7) is 0.531. The molecule has 3 aromatic rings. The van der Waals surface area contributed by atoms with Gasteiger partial charge in [-0.25, -0.2) is 4.98 Å². The van der Waals surface area contributed by atoms with Gasteiger partial charge < -0.3 is 15.2 Å². The van der Waals surface area contributed by atoms with Gasteiger partial charge in [0, 0.05) is 16.5 Å². The molecular weight excluding hydrogens is 312 g/mol. The smallest absolute Gasteiger partial charge is 0.275 e. The van der Waals surface area contributed by atoms with Crippen LogP contribution >= 0.6 is 11.3 Å². The van der Waals surface area contributed by atoms with Crippen molar-refractivity contribution in [2.75, 3.05) is 18.5 Å². The van der Waals surface area contributed by atoms with E-state index in [1.165, 1.54) is 11.3 Å². The Morgan fingerprint density at radius 3 is 2.91 bits per heavy atom. The summed E-state index contributed by atoms with van der Waals surface area (Å²) < 4.78 is 5.20. The second-order valence-corrected chi connectivity index (χ2v) is 5.83. The van der Waals surface area contributed by atoms with Crippen molar-refractivity contribution in [2.45, 2.75) is 6.61 Å². The van der Waals surface area contributed by atoms with Gasteiger partial charge in [-0.2, -0.15) is 0 Å². The number of aliphatic hydroxyl groups excluding tert-OH is 1. The van der Waals surface area contributed by atoms with E-state index in [0.717, 1.165) is 16.5 Å². The molecule has 0 aliphatic rings. The zero-order valence-electron chi connectivity index (χ0n) is 12.4. The van der Waals surface area contributed by atoms with Gasteiger partial charge in [0.1, 0.15) is 10.7 Å². The molecule has 5 nitrogen and oxygen atoms in total. The van der Waals surface area contributed by atoms with Crippen LogP contribution < -0.4 is 5.32 Å². The van der Waals surface area contributed by atoms with Gasteiger partial charge in [-0.05, 0) is 11.5 Å². The van der Waals surface area contributed by atoms with E-state index in [-0.39, 0.29) is 19.1 Å². The number of thiazole rings is 1. The van der Waals surface area contributed by atoms with Crippen LogP contribution in [0.5, 0.6) is 0 Å². The van der Waals surface area contributed by atoms with E-state index < -0.39 is 0 Å². The van der Waals surface area contributed by atoms with E-state index in [4.69, 9.17) is 9.84 Å². The molecule has 6 heteroatoms. The second-order valence-electron chi connectivity index (χ2n) is 4.88. The van der Waals surface area contributed by atoms with Crippen molar-refractivity contribution >= 4 is 33.7 Å². The zero-order valence-corrected chi connectivity index (χ0v) is 13.2. The monoisotopic (exact) mass is 328 g/mol. The number of carbonyl (C=O) groups excluding carboxylic acids is 1. The lowest BCUT2D eigenvalue weighted by molar-refractivity contribution is 0.0812. The van der Waals surface area contributed by atoms with Crippen molar-refractivity contribution < 1.29 is 14.6 Å². The van der Waals surface area contributed by atoms with Crippen molar-refractivity contribution in [3.63, 3.8) is 0 Å². The predicted octanol–water partition coefficient (Wildman–Crippen LogP) is 3.06. The average Bonchev–Trinajstić information content (AvgIpc) is 3.04. The fourth-order valence-electron chi connectivity index (χ4n) is 2.23. The first-order valence-electron chi connectivity index (χ1n) is 7.20. The highest BCUT2D eigenvalue weighted by Crippen LogP contribution is 2.23. The molecule has 0 spiro atoms. The number of nitrogens with one attached hydrogen (secondary N) is 1. The van der Waals surface area contributed by atoms with Crippen LogP contribution in [0.1, 0.15) is 15.5 Å². The Hall–Kier alpha value is -2.28. The summed E-state index contributed by atoms with van der Waals surface area (Å²) in [5.41, 5.74) is 1.13. The standard InChI is InChI=1S/C17H16N2O3S/c20-8-9-22-10-16-18-15(11-23-16)17(21)19-14-7-3-5-12-4-1-2-6-13(12)14/h1-7,11,20H,8-10H2,(H,19,21). The SMILES string of the molecule is O=C(Nc1cccc2ccccc12)c1csc(COCCO)n1. The first-order chi connectivity index (χ1) is 11.3. The minimum atomic E-state index is -0.244. The topological polar surface area (TPSA) is 71.5 Å². The van der Waals surface area contributed by atoms with E-state index in [9.17, 15) is 4.79 Å². The second kappa shape index (κ2) is 7.32. The van der Waals surface area contributed by atoms with Crippen molar-refractivity contribution in [3.8, 4) is 0 Å². The molecule has 2 aromatic carbocycles. The van der Waals surface area contributed by atoms with Gasteiger partial charge in [-0.15, -0.1) is 11.3 Å². The number of aliphatic hydroxyl groups is 1. The van der Waals surface area contributed by atoms with E-state index in [1.54, 1.807) is 5.38 Å². The first kappa shape index (κ1) is 15.6. The van der Waals surface area contributed by atoms with Crippen LogP contribution in [-0.4, -0.2) is 29.2 Å². The number of rotatable bonds is 6. The molecule has 0 radical (unpaired) electrons. The molecule has 1 amide bonds. The number of hydrogen-bond donors (Lipinski definition) is 2. The molecule has 118 valence electrons. The maximum Gasteiger partial charge on any atom is 0.275 e. The highest BCUT2D eigenvalue weighted by molar-refractivity contribution is 7.09. The third-order valence-corrected chi connectivity index (χ3v) is 4.11.